The van der Waals surface area contributed by atoms with Gasteiger partial charge in [0.1, 0.15) is 0 Å². The summed E-state index contributed by atoms with van der Waals surface area (Å²) in [5, 5.41) is 10.3. The van der Waals surface area contributed by atoms with Gasteiger partial charge in [0.15, 0.2) is 0 Å². The Hall–Kier alpha value is -1.33. The molecule has 15 heavy (non-hydrogen) atoms. The SMILES string of the molecule is CO.Nc1cnccc1N1CCNCC1. The van der Waals surface area contributed by atoms with Crippen LogP contribution in [0.4, 0.5) is 11.4 Å². The zero-order valence-corrected chi connectivity index (χ0v) is 8.98. The first kappa shape index (κ1) is 11.7. The molecule has 1 aliphatic heterocycles. The van der Waals surface area contributed by atoms with Gasteiger partial charge in [0.2, 0.25) is 0 Å². The minimum atomic E-state index is 0.768. The molecule has 5 nitrogen and oxygen atoms in total. The van der Waals surface area contributed by atoms with E-state index < -0.39 is 0 Å². The number of nitrogens with one attached hydrogen (secondary N) is 1. The van der Waals surface area contributed by atoms with Gasteiger partial charge >= 0.3 is 0 Å². The number of rotatable bonds is 1. The van der Waals surface area contributed by atoms with Crippen molar-refractivity contribution in [3.8, 4) is 0 Å². The van der Waals surface area contributed by atoms with Gasteiger partial charge in [-0.05, 0) is 6.07 Å². The van der Waals surface area contributed by atoms with Crippen LogP contribution < -0.4 is 16.0 Å². The fourth-order valence-electron chi connectivity index (χ4n) is 1.59. The Morgan fingerprint density at radius 3 is 2.67 bits per heavy atom. The van der Waals surface area contributed by atoms with Gasteiger partial charge in [0, 0.05) is 39.5 Å². The number of aliphatic hydroxyl groups is 1. The zero-order chi connectivity index (χ0) is 11.1. The zero-order valence-electron chi connectivity index (χ0n) is 8.98. The van der Waals surface area contributed by atoms with Crippen molar-refractivity contribution in [2.45, 2.75) is 0 Å². The smallest absolute Gasteiger partial charge is 0.0738 e. The summed E-state index contributed by atoms with van der Waals surface area (Å²) in [4.78, 5) is 6.26. The Kier molecular flexibility index (Phi) is 4.86. The molecule has 0 unspecified atom stereocenters. The second kappa shape index (κ2) is 6.21. The van der Waals surface area contributed by atoms with Crippen LogP contribution in [0.15, 0.2) is 18.5 Å². The molecule has 1 fully saturated rings. The lowest BCUT2D eigenvalue weighted by molar-refractivity contribution is 0.399. The first-order chi connectivity index (χ1) is 7.38. The number of pyridine rings is 1. The molecule has 1 aliphatic rings. The van der Waals surface area contributed by atoms with E-state index in [1.165, 1.54) is 0 Å². The van der Waals surface area contributed by atoms with Crippen molar-refractivity contribution < 1.29 is 5.11 Å². The molecule has 1 aromatic heterocycles. The lowest BCUT2D eigenvalue weighted by atomic mass is 10.2. The molecule has 84 valence electrons. The highest BCUT2D eigenvalue weighted by Crippen LogP contribution is 2.20. The summed E-state index contributed by atoms with van der Waals surface area (Å²) in [7, 11) is 1.00. The summed E-state index contributed by atoms with van der Waals surface area (Å²) in [5.74, 6) is 0. The van der Waals surface area contributed by atoms with Crippen LogP contribution in [-0.2, 0) is 0 Å². The van der Waals surface area contributed by atoms with E-state index in [-0.39, 0.29) is 0 Å². The van der Waals surface area contributed by atoms with Crippen LogP contribution in [-0.4, -0.2) is 43.4 Å². The third-order valence-corrected chi connectivity index (χ3v) is 2.29. The van der Waals surface area contributed by atoms with Crippen LogP contribution in [0.1, 0.15) is 0 Å². The topological polar surface area (TPSA) is 74.4 Å². The summed E-state index contributed by atoms with van der Waals surface area (Å²) >= 11 is 0. The first-order valence-corrected chi connectivity index (χ1v) is 4.98. The molecular weight excluding hydrogens is 192 g/mol. The van der Waals surface area contributed by atoms with Gasteiger partial charge in [0.25, 0.3) is 0 Å². The van der Waals surface area contributed by atoms with Crippen LogP contribution in [0, 0.1) is 0 Å². The molecule has 0 atom stereocenters. The number of nitrogens with two attached hydrogens (primary N) is 1. The Balaban J connectivity index is 0.000000531. The number of nitrogen functional groups attached to an aromatic ring is 1. The molecule has 0 amide bonds. The quantitative estimate of drug-likeness (QED) is 0.592. The van der Waals surface area contributed by atoms with E-state index in [1.807, 2.05) is 6.07 Å². The fraction of sp³-hybridized carbons (Fsp3) is 0.500. The van der Waals surface area contributed by atoms with Crippen LogP contribution in [0.25, 0.3) is 0 Å². The molecule has 5 heteroatoms. The molecular formula is C10H18N4O. The summed E-state index contributed by atoms with van der Waals surface area (Å²) in [5.41, 5.74) is 7.70. The van der Waals surface area contributed by atoms with Crippen LogP contribution in [0.5, 0.6) is 0 Å². The van der Waals surface area contributed by atoms with Gasteiger partial charge in [-0.25, -0.2) is 0 Å². The van der Waals surface area contributed by atoms with Gasteiger partial charge < -0.3 is 21.1 Å². The molecule has 0 bridgehead atoms. The number of hydrogen-bond donors (Lipinski definition) is 3. The van der Waals surface area contributed by atoms with Gasteiger partial charge in [-0.2, -0.15) is 0 Å². The molecule has 0 aromatic carbocycles. The molecule has 2 heterocycles. The van der Waals surface area contributed by atoms with Gasteiger partial charge in [-0.1, -0.05) is 0 Å². The molecule has 4 N–H and O–H groups in total. The lowest BCUT2D eigenvalue weighted by Gasteiger charge is -2.30. The first-order valence-electron chi connectivity index (χ1n) is 4.98. The predicted molar refractivity (Wildman–Crippen MR) is 61.9 cm³/mol. The van der Waals surface area contributed by atoms with Gasteiger partial charge in [-0.15, -0.1) is 0 Å². The second-order valence-corrected chi connectivity index (χ2v) is 3.17. The molecule has 1 aromatic rings. The summed E-state index contributed by atoms with van der Waals surface area (Å²) in [6.07, 6.45) is 3.49. The lowest BCUT2D eigenvalue weighted by Crippen LogP contribution is -2.43. The number of aromatic nitrogens is 1. The highest BCUT2D eigenvalue weighted by molar-refractivity contribution is 5.66. The Labute approximate surface area is 89.9 Å². The van der Waals surface area contributed by atoms with E-state index in [0.717, 1.165) is 44.7 Å². The number of aliphatic hydroxyl groups excluding tert-OH is 1. The maximum Gasteiger partial charge on any atom is 0.0738 e. The number of anilines is 2. The van der Waals surface area contributed by atoms with E-state index in [2.05, 4.69) is 15.2 Å². The largest absolute Gasteiger partial charge is 0.400 e. The number of nitrogens with zero attached hydrogens (tertiary/aromatic N) is 2. The third-order valence-electron chi connectivity index (χ3n) is 2.29. The molecule has 0 radical (unpaired) electrons. The van der Waals surface area contributed by atoms with E-state index >= 15 is 0 Å². The third kappa shape index (κ3) is 3.07. The van der Waals surface area contributed by atoms with Crippen molar-refractivity contribution in [1.29, 1.82) is 0 Å². The maximum absolute atomic E-state index is 7.00. The predicted octanol–water partition coefficient (Wildman–Crippen LogP) is -0.318. The average molecular weight is 210 g/mol. The minimum Gasteiger partial charge on any atom is -0.400 e. The van der Waals surface area contributed by atoms with Crippen molar-refractivity contribution in [1.82, 2.24) is 10.3 Å². The van der Waals surface area contributed by atoms with Crippen LogP contribution in [0.3, 0.4) is 0 Å². The summed E-state index contributed by atoms with van der Waals surface area (Å²) < 4.78 is 0. The van der Waals surface area contributed by atoms with Crippen molar-refractivity contribution >= 4 is 11.4 Å². The molecule has 1 saturated heterocycles. The van der Waals surface area contributed by atoms with Crippen molar-refractivity contribution in [3.05, 3.63) is 18.5 Å². The average Bonchev–Trinajstić information content (AvgIpc) is 2.33. The molecule has 0 spiro atoms. The van der Waals surface area contributed by atoms with E-state index in [0.29, 0.717) is 0 Å². The Morgan fingerprint density at radius 2 is 2.07 bits per heavy atom. The van der Waals surface area contributed by atoms with Crippen LogP contribution >= 0.6 is 0 Å². The minimum absolute atomic E-state index is 0.768. The highest BCUT2D eigenvalue weighted by Gasteiger charge is 2.11. The Morgan fingerprint density at radius 1 is 1.40 bits per heavy atom. The molecule has 2 rings (SSSR count). The van der Waals surface area contributed by atoms with Crippen molar-refractivity contribution in [3.63, 3.8) is 0 Å². The van der Waals surface area contributed by atoms with Gasteiger partial charge in [-0.3, -0.25) is 4.98 Å². The Bertz CT molecular complexity index is 287. The normalized spacial score (nSPS) is 15.5. The van der Waals surface area contributed by atoms with Crippen LogP contribution in [0.2, 0.25) is 0 Å². The fourth-order valence-corrected chi connectivity index (χ4v) is 1.59. The van der Waals surface area contributed by atoms with E-state index in [4.69, 9.17) is 10.8 Å². The van der Waals surface area contributed by atoms with E-state index in [1.54, 1.807) is 12.4 Å². The summed E-state index contributed by atoms with van der Waals surface area (Å²) in [6.45, 7) is 4.10. The highest BCUT2D eigenvalue weighted by atomic mass is 16.2. The van der Waals surface area contributed by atoms with Crippen molar-refractivity contribution in [2.24, 2.45) is 0 Å². The number of hydrogen-bond acceptors (Lipinski definition) is 5. The monoisotopic (exact) mass is 210 g/mol. The van der Waals surface area contributed by atoms with Crippen molar-refractivity contribution in [2.75, 3.05) is 43.9 Å². The molecule has 0 aliphatic carbocycles. The summed E-state index contributed by atoms with van der Waals surface area (Å²) in [6, 6.07) is 1.97. The maximum atomic E-state index is 7.00. The number of piperazine rings is 1. The van der Waals surface area contributed by atoms with Gasteiger partial charge in [0.05, 0.1) is 17.6 Å². The second-order valence-electron chi connectivity index (χ2n) is 3.17. The molecule has 0 saturated carbocycles. The standard InChI is InChI=1S/C9H14N4.CH4O/c10-8-7-12-2-1-9(8)13-5-3-11-4-6-13;1-2/h1-2,7,11H,3-6,10H2;2H,1H3. The van der Waals surface area contributed by atoms with E-state index in [9.17, 15) is 0 Å².